The Morgan fingerprint density at radius 2 is 2.15 bits per heavy atom. The number of hydrogen-bond donors (Lipinski definition) is 1. The van der Waals surface area contributed by atoms with Gasteiger partial charge in [0, 0.05) is 6.08 Å². The maximum atomic E-state index is 12.4. The molecule has 0 bridgehead atoms. The van der Waals surface area contributed by atoms with E-state index in [4.69, 9.17) is 16.6 Å². The summed E-state index contributed by atoms with van der Waals surface area (Å²) in [5.41, 5.74) is 2.24. The Kier molecular flexibility index (Phi) is 3.12. The molecule has 4 nitrogen and oxygen atoms in total. The van der Waals surface area contributed by atoms with Gasteiger partial charge in [0.05, 0.1) is 12.0 Å². The van der Waals surface area contributed by atoms with Gasteiger partial charge in [-0.1, -0.05) is 12.1 Å². The van der Waals surface area contributed by atoms with Crippen LogP contribution < -0.4 is 10.2 Å². The van der Waals surface area contributed by atoms with E-state index in [2.05, 4.69) is 5.32 Å². The summed E-state index contributed by atoms with van der Waals surface area (Å²) in [4.78, 5) is 13.9. The van der Waals surface area contributed by atoms with E-state index in [1.807, 2.05) is 31.2 Å². The first kappa shape index (κ1) is 12.6. The minimum Gasteiger partial charge on any atom is -0.465 e. The third-order valence-corrected chi connectivity index (χ3v) is 3.25. The average Bonchev–Trinajstić information content (AvgIpc) is 2.99. The number of carbonyl (C=O) groups is 1. The van der Waals surface area contributed by atoms with Gasteiger partial charge in [-0.3, -0.25) is 9.69 Å². The van der Waals surface area contributed by atoms with Gasteiger partial charge in [0.1, 0.15) is 11.5 Å². The fourth-order valence-electron chi connectivity index (χ4n) is 2.05. The van der Waals surface area contributed by atoms with Crippen LogP contribution in [0.1, 0.15) is 11.3 Å². The Labute approximate surface area is 121 Å². The quantitative estimate of drug-likeness (QED) is 0.680. The lowest BCUT2D eigenvalue weighted by atomic mass is 10.2. The zero-order valence-corrected chi connectivity index (χ0v) is 11.6. The standard InChI is InChI=1S/C15H12N2O2S/c1-10-4-2-5-11(8-10)17-14(18)13(16-15(17)20)9-12-6-3-7-19-12/h2-9H,1H3,(H,16,20)/b13-9-. The predicted octanol–water partition coefficient (Wildman–Crippen LogP) is 2.85. The Hall–Kier alpha value is -2.40. The molecule has 0 aliphatic carbocycles. The monoisotopic (exact) mass is 284 g/mol. The topological polar surface area (TPSA) is 45.5 Å². The molecule has 1 saturated heterocycles. The Morgan fingerprint density at radius 3 is 2.85 bits per heavy atom. The molecule has 0 unspecified atom stereocenters. The highest BCUT2D eigenvalue weighted by Gasteiger charge is 2.32. The molecule has 0 saturated carbocycles. The Balaban J connectivity index is 1.95. The Bertz CT molecular complexity index is 704. The van der Waals surface area contributed by atoms with Crippen LogP contribution in [-0.4, -0.2) is 11.0 Å². The molecule has 1 aliphatic rings. The molecule has 1 fully saturated rings. The predicted molar refractivity (Wildman–Crippen MR) is 81.1 cm³/mol. The first-order chi connectivity index (χ1) is 9.65. The van der Waals surface area contributed by atoms with E-state index in [0.717, 1.165) is 11.3 Å². The lowest BCUT2D eigenvalue weighted by molar-refractivity contribution is -0.113. The van der Waals surface area contributed by atoms with Crippen LogP contribution in [-0.2, 0) is 4.79 Å². The average molecular weight is 284 g/mol. The number of aryl methyl sites for hydroxylation is 1. The third-order valence-electron chi connectivity index (χ3n) is 2.97. The maximum absolute atomic E-state index is 12.4. The molecule has 1 N–H and O–H groups in total. The van der Waals surface area contributed by atoms with Crippen molar-refractivity contribution in [3.63, 3.8) is 0 Å². The van der Waals surface area contributed by atoms with E-state index in [9.17, 15) is 4.79 Å². The summed E-state index contributed by atoms with van der Waals surface area (Å²) in [6.07, 6.45) is 3.20. The Morgan fingerprint density at radius 1 is 1.30 bits per heavy atom. The number of rotatable bonds is 2. The molecule has 5 heteroatoms. The number of anilines is 1. The van der Waals surface area contributed by atoms with E-state index >= 15 is 0 Å². The van der Waals surface area contributed by atoms with Crippen LogP contribution in [0.5, 0.6) is 0 Å². The first-order valence-corrected chi connectivity index (χ1v) is 6.53. The minimum atomic E-state index is -0.183. The van der Waals surface area contributed by atoms with Gasteiger partial charge in [0.15, 0.2) is 5.11 Å². The van der Waals surface area contributed by atoms with E-state index in [1.54, 1.807) is 24.5 Å². The number of furan rings is 1. The van der Waals surface area contributed by atoms with E-state index in [1.165, 1.54) is 4.90 Å². The molecular formula is C15H12N2O2S. The molecule has 1 aromatic carbocycles. The molecule has 0 atom stereocenters. The second-order valence-corrected chi connectivity index (χ2v) is 4.87. The van der Waals surface area contributed by atoms with Crippen molar-refractivity contribution in [2.24, 2.45) is 0 Å². The summed E-state index contributed by atoms with van der Waals surface area (Å²) in [6.45, 7) is 1.97. The van der Waals surface area contributed by atoms with Crippen molar-refractivity contribution >= 4 is 35.0 Å². The minimum absolute atomic E-state index is 0.183. The number of benzene rings is 1. The van der Waals surface area contributed by atoms with Crippen LogP contribution in [0, 0.1) is 6.92 Å². The first-order valence-electron chi connectivity index (χ1n) is 6.12. The van der Waals surface area contributed by atoms with Crippen LogP contribution >= 0.6 is 12.2 Å². The number of hydrogen-bond acceptors (Lipinski definition) is 3. The zero-order valence-electron chi connectivity index (χ0n) is 10.8. The highest BCUT2D eigenvalue weighted by atomic mass is 32.1. The summed E-state index contributed by atoms with van der Waals surface area (Å²) >= 11 is 5.24. The molecule has 1 aliphatic heterocycles. The van der Waals surface area contributed by atoms with E-state index < -0.39 is 0 Å². The molecule has 3 rings (SSSR count). The van der Waals surface area contributed by atoms with Gasteiger partial charge in [0.2, 0.25) is 0 Å². The van der Waals surface area contributed by atoms with Crippen molar-refractivity contribution in [3.05, 3.63) is 59.7 Å². The van der Waals surface area contributed by atoms with Gasteiger partial charge in [-0.2, -0.15) is 0 Å². The highest BCUT2D eigenvalue weighted by Crippen LogP contribution is 2.23. The highest BCUT2D eigenvalue weighted by molar-refractivity contribution is 7.80. The molecular weight excluding hydrogens is 272 g/mol. The van der Waals surface area contributed by atoms with Crippen molar-refractivity contribution in [2.45, 2.75) is 6.92 Å². The zero-order chi connectivity index (χ0) is 14.1. The summed E-state index contributed by atoms with van der Waals surface area (Å²) in [5, 5.41) is 3.29. The molecule has 1 amide bonds. The smallest absolute Gasteiger partial charge is 0.281 e. The van der Waals surface area contributed by atoms with Crippen molar-refractivity contribution in [1.29, 1.82) is 0 Å². The van der Waals surface area contributed by atoms with Crippen molar-refractivity contribution in [2.75, 3.05) is 4.90 Å². The number of nitrogens with one attached hydrogen (secondary N) is 1. The van der Waals surface area contributed by atoms with Gasteiger partial charge < -0.3 is 9.73 Å². The third kappa shape index (κ3) is 2.23. The summed E-state index contributed by atoms with van der Waals surface area (Å²) in [6, 6.07) is 11.2. The van der Waals surface area contributed by atoms with E-state index in [-0.39, 0.29) is 5.91 Å². The molecule has 0 radical (unpaired) electrons. The summed E-state index contributed by atoms with van der Waals surface area (Å²) < 4.78 is 5.21. The second kappa shape index (κ2) is 4.94. The van der Waals surface area contributed by atoms with Gasteiger partial charge >= 0.3 is 0 Å². The lowest BCUT2D eigenvalue weighted by Gasteiger charge is -2.14. The fourth-order valence-corrected chi connectivity index (χ4v) is 2.35. The van der Waals surface area contributed by atoms with Crippen LogP contribution in [0.2, 0.25) is 0 Å². The van der Waals surface area contributed by atoms with Gasteiger partial charge in [-0.05, 0) is 49.0 Å². The SMILES string of the molecule is Cc1cccc(N2C(=O)/C(=C/c3ccco3)NC2=S)c1. The van der Waals surface area contributed by atoms with E-state index in [0.29, 0.717) is 16.6 Å². The summed E-state index contributed by atoms with van der Waals surface area (Å²) in [7, 11) is 0. The largest absolute Gasteiger partial charge is 0.465 e. The molecule has 1 aromatic heterocycles. The normalized spacial score (nSPS) is 16.9. The van der Waals surface area contributed by atoms with Crippen molar-refractivity contribution in [1.82, 2.24) is 5.32 Å². The van der Waals surface area contributed by atoms with Crippen molar-refractivity contribution in [3.8, 4) is 0 Å². The summed E-state index contributed by atoms with van der Waals surface area (Å²) in [5.74, 6) is 0.423. The van der Waals surface area contributed by atoms with Crippen molar-refractivity contribution < 1.29 is 9.21 Å². The molecule has 2 heterocycles. The van der Waals surface area contributed by atoms with Gasteiger partial charge in [0.25, 0.3) is 5.91 Å². The molecule has 2 aromatic rings. The molecule has 0 spiro atoms. The number of carbonyl (C=O) groups excluding carboxylic acids is 1. The maximum Gasteiger partial charge on any atom is 0.281 e. The van der Waals surface area contributed by atoms with Gasteiger partial charge in [-0.25, -0.2) is 0 Å². The lowest BCUT2D eigenvalue weighted by Crippen LogP contribution is -2.30. The number of nitrogens with zero attached hydrogens (tertiary/aromatic N) is 1. The second-order valence-electron chi connectivity index (χ2n) is 4.48. The molecule has 20 heavy (non-hydrogen) atoms. The van der Waals surface area contributed by atoms with Crippen LogP contribution in [0.4, 0.5) is 5.69 Å². The van der Waals surface area contributed by atoms with Crippen LogP contribution in [0.3, 0.4) is 0 Å². The van der Waals surface area contributed by atoms with Crippen LogP contribution in [0.15, 0.2) is 52.8 Å². The molecule has 100 valence electrons. The fraction of sp³-hybridized carbons (Fsp3) is 0.0667. The number of thiocarbonyl (C=S) groups is 1. The number of amides is 1. The van der Waals surface area contributed by atoms with Crippen LogP contribution in [0.25, 0.3) is 6.08 Å². The van der Waals surface area contributed by atoms with Gasteiger partial charge in [-0.15, -0.1) is 0 Å².